The van der Waals surface area contributed by atoms with E-state index in [1.54, 1.807) is 28.1 Å². The third-order valence-corrected chi connectivity index (χ3v) is 7.55. The lowest BCUT2D eigenvalue weighted by atomic mass is 9.87. The van der Waals surface area contributed by atoms with Crippen LogP contribution in [0.4, 0.5) is 18.0 Å². The standard InChI is InChI=1S/C32H31F3N4O2/c1-31(2,3)39(19-28-24-10-5-4-7-20(24)13-15-37-28)30(41)38-16-14-25-23(11-12-26(29(36)40)27(25)18-38)21-8-6-9-22(17-21)32(33,34)35/h4-13,15,17H,14,16,18-19H2,1-3H3,(H2,36,40). The van der Waals surface area contributed by atoms with Gasteiger partial charge in [-0.15, -0.1) is 0 Å². The number of rotatable bonds is 4. The van der Waals surface area contributed by atoms with Crippen LogP contribution in [-0.2, 0) is 25.7 Å². The van der Waals surface area contributed by atoms with Gasteiger partial charge in [-0.25, -0.2) is 4.79 Å². The number of amides is 3. The lowest BCUT2D eigenvalue weighted by Crippen LogP contribution is -2.52. The molecule has 0 unspecified atom stereocenters. The molecule has 0 aliphatic carbocycles. The first-order valence-corrected chi connectivity index (χ1v) is 13.4. The minimum atomic E-state index is -4.48. The number of carbonyl (C=O) groups is 2. The van der Waals surface area contributed by atoms with Crippen LogP contribution in [-0.4, -0.2) is 38.8 Å². The Balaban J connectivity index is 1.51. The van der Waals surface area contributed by atoms with Crippen LogP contribution >= 0.6 is 0 Å². The van der Waals surface area contributed by atoms with E-state index in [0.717, 1.165) is 34.2 Å². The molecule has 41 heavy (non-hydrogen) atoms. The number of urea groups is 1. The maximum Gasteiger partial charge on any atom is 0.416 e. The summed E-state index contributed by atoms with van der Waals surface area (Å²) >= 11 is 0. The van der Waals surface area contributed by atoms with E-state index in [2.05, 4.69) is 4.98 Å². The number of halogens is 3. The topological polar surface area (TPSA) is 79.5 Å². The van der Waals surface area contributed by atoms with Gasteiger partial charge in [0, 0.05) is 35.8 Å². The van der Waals surface area contributed by atoms with Crippen LogP contribution in [0.2, 0.25) is 0 Å². The van der Waals surface area contributed by atoms with E-state index in [9.17, 15) is 22.8 Å². The molecule has 3 aromatic carbocycles. The average Bonchev–Trinajstić information content (AvgIpc) is 2.93. The number of hydrogen-bond donors (Lipinski definition) is 1. The zero-order chi connectivity index (χ0) is 29.5. The first-order chi connectivity index (χ1) is 19.3. The molecule has 4 aromatic rings. The van der Waals surface area contributed by atoms with Crippen LogP contribution in [0.15, 0.2) is 72.9 Å². The van der Waals surface area contributed by atoms with Gasteiger partial charge in [-0.2, -0.15) is 13.2 Å². The molecular formula is C32H31F3N4O2. The molecule has 0 atom stereocenters. The van der Waals surface area contributed by atoms with Gasteiger partial charge in [-0.3, -0.25) is 9.78 Å². The largest absolute Gasteiger partial charge is 0.416 e. The van der Waals surface area contributed by atoms with Crippen molar-refractivity contribution in [2.75, 3.05) is 6.54 Å². The highest BCUT2D eigenvalue weighted by atomic mass is 19.4. The Morgan fingerprint density at radius 2 is 1.73 bits per heavy atom. The van der Waals surface area contributed by atoms with Crippen molar-refractivity contribution in [3.8, 4) is 11.1 Å². The van der Waals surface area contributed by atoms with Gasteiger partial charge < -0.3 is 15.5 Å². The Morgan fingerprint density at radius 3 is 2.44 bits per heavy atom. The lowest BCUT2D eigenvalue weighted by Gasteiger charge is -2.41. The molecule has 1 aliphatic heterocycles. The highest BCUT2D eigenvalue weighted by molar-refractivity contribution is 5.96. The number of aromatic nitrogens is 1. The number of pyridine rings is 1. The summed E-state index contributed by atoms with van der Waals surface area (Å²) < 4.78 is 40.3. The first-order valence-electron chi connectivity index (χ1n) is 13.4. The van der Waals surface area contributed by atoms with Gasteiger partial charge in [0.05, 0.1) is 17.8 Å². The molecule has 212 valence electrons. The summed E-state index contributed by atoms with van der Waals surface area (Å²) in [6.07, 6.45) is -2.39. The van der Waals surface area contributed by atoms with E-state index in [-0.39, 0.29) is 24.7 Å². The van der Waals surface area contributed by atoms with Gasteiger partial charge in [0.2, 0.25) is 5.91 Å². The van der Waals surface area contributed by atoms with E-state index in [1.165, 1.54) is 12.1 Å². The van der Waals surface area contributed by atoms with Crippen molar-refractivity contribution < 1.29 is 22.8 Å². The van der Waals surface area contributed by atoms with Crippen molar-refractivity contribution in [1.29, 1.82) is 0 Å². The molecule has 2 N–H and O–H groups in total. The lowest BCUT2D eigenvalue weighted by molar-refractivity contribution is -0.137. The fourth-order valence-electron chi connectivity index (χ4n) is 5.42. The highest BCUT2D eigenvalue weighted by Crippen LogP contribution is 2.37. The second-order valence-corrected chi connectivity index (χ2v) is 11.3. The van der Waals surface area contributed by atoms with Crippen molar-refractivity contribution in [1.82, 2.24) is 14.8 Å². The fraction of sp³-hybridized carbons (Fsp3) is 0.281. The van der Waals surface area contributed by atoms with Crippen LogP contribution < -0.4 is 5.73 Å². The van der Waals surface area contributed by atoms with Crippen molar-refractivity contribution in [2.45, 2.75) is 52.0 Å². The quantitative estimate of drug-likeness (QED) is 0.298. The monoisotopic (exact) mass is 560 g/mol. The number of carbonyl (C=O) groups excluding carboxylic acids is 2. The number of alkyl halides is 3. The number of primary amides is 1. The maximum atomic E-state index is 14.1. The Bertz CT molecular complexity index is 1640. The Morgan fingerprint density at radius 1 is 0.976 bits per heavy atom. The first kappa shape index (κ1) is 28.1. The van der Waals surface area contributed by atoms with E-state index in [0.29, 0.717) is 29.7 Å². The van der Waals surface area contributed by atoms with Gasteiger partial charge in [-0.05, 0) is 79.1 Å². The normalized spacial score (nSPS) is 13.7. The van der Waals surface area contributed by atoms with Crippen LogP contribution in [0.5, 0.6) is 0 Å². The number of nitrogens with zero attached hydrogens (tertiary/aromatic N) is 3. The minimum Gasteiger partial charge on any atom is -0.366 e. The number of hydrogen-bond acceptors (Lipinski definition) is 3. The summed E-state index contributed by atoms with van der Waals surface area (Å²) in [4.78, 5) is 34.5. The van der Waals surface area contributed by atoms with E-state index in [1.807, 2.05) is 51.1 Å². The molecule has 5 rings (SSSR count). The zero-order valence-corrected chi connectivity index (χ0v) is 23.1. The molecule has 0 spiro atoms. The Labute approximate surface area is 236 Å². The van der Waals surface area contributed by atoms with E-state index < -0.39 is 23.2 Å². The van der Waals surface area contributed by atoms with Gasteiger partial charge >= 0.3 is 12.2 Å². The van der Waals surface area contributed by atoms with E-state index >= 15 is 0 Å². The second-order valence-electron chi connectivity index (χ2n) is 11.3. The molecule has 1 aliphatic rings. The zero-order valence-electron chi connectivity index (χ0n) is 23.1. The summed E-state index contributed by atoms with van der Waals surface area (Å²) in [5, 5.41) is 1.99. The molecule has 3 amide bonds. The summed E-state index contributed by atoms with van der Waals surface area (Å²) in [7, 11) is 0. The molecule has 1 aromatic heterocycles. The summed E-state index contributed by atoms with van der Waals surface area (Å²) in [5.74, 6) is -0.654. The number of nitrogens with two attached hydrogens (primary N) is 1. The minimum absolute atomic E-state index is 0.106. The SMILES string of the molecule is CC(C)(C)N(Cc1nccc2ccccc12)C(=O)N1CCc2c(-c3cccc(C(F)(F)F)c3)ccc(C(N)=O)c2C1. The van der Waals surface area contributed by atoms with Crippen molar-refractivity contribution in [2.24, 2.45) is 5.73 Å². The maximum absolute atomic E-state index is 14.1. The molecule has 0 bridgehead atoms. The molecule has 0 saturated heterocycles. The van der Waals surface area contributed by atoms with Gasteiger partial charge in [-0.1, -0.05) is 42.5 Å². The molecule has 9 heteroatoms. The van der Waals surface area contributed by atoms with Crippen molar-refractivity contribution >= 4 is 22.7 Å². The summed E-state index contributed by atoms with van der Waals surface area (Å²) in [5.41, 5.74) is 7.70. The predicted molar refractivity (Wildman–Crippen MR) is 152 cm³/mol. The van der Waals surface area contributed by atoms with Gasteiger partial charge in [0.1, 0.15) is 0 Å². The van der Waals surface area contributed by atoms with Crippen molar-refractivity contribution in [3.05, 3.63) is 101 Å². The van der Waals surface area contributed by atoms with E-state index in [4.69, 9.17) is 5.73 Å². The fourth-order valence-corrected chi connectivity index (χ4v) is 5.42. The van der Waals surface area contributed by atoms with Crippen LogP contribution in [0.25, 0.3) is 21.9 Å². The number of fused-ring (bicyclic) bond motifs is 2. The second kappa shape index (κ2) is 10.5. The van der Waals surface area contributed by atoms with Gasteiger partial charge in [0.25, 0.3) is 0 Å². The highest BCUT2D eigenvalue weighted by Gasteiger charge is 2.35. The molecule has 2 heterocycles. The third-order valence-electron chi connectivity index (χ3n) is 7.55. The Kier molecular flexibility index (Phi) is 7.23. The molecule has 0 saturated carbocycles. The smallest absolute Gasteiger partial charge is 0.366 e. The molecule has 0 fully saturated rings. The summed E-state index contributed by atoms with van der Waals surface area (Å²) in [6.45, 7) is 6.57. The molecular weight excluding hydrogens is 529 g/mol. The van der Waals surface area contributed by atoms with Crippen molar-refractivity contribution in [3.63, 3.8) is 0 Å². The molecule has 6 nitrogen and oxygen atoms in total. The van der Waals surface area contributed by atoms with Gasteiger partial charge in [0.15, 0.2) is 0 Å². The number of benzene rings is 3. The van der Waals surface area contributed by atoms with Crippen LogP contribution in [0, 0.1) is 0 Å². The average molecular weight is 561 g/mol. The summed E-state index contributed by atoms with van der Waals surface area (Å²) in [6, 6.07) is 17.9. The predicted octanol–water partition coefficient (Wildman–Crippen LogP) is 6.80. The Hall–Kier alpha value is -4.40. The van der Waals surface area contributed by atoms with Crippen LogP contribution in [0.3, 0.4) is 0 Å². The molecule has 0 radical (unpaired) electrons. The third kappa shape index (κ3) is 5.62. The van der Waals surface area contributed by atoms with Crippen LogP contribution in [0.1, 0.15) is 53.5 Å².